The van der Waals surface area contributed by atoms with Gasteiger partial charge in [-0.15, -0.1) is 0 Å². The molecule has 1 aromatic heterocycles. The number of ether oxygens (including phenoxy) is 1. The fourth-order valence-corrected chi connectivity index (χ4v) is 4.64. The summed E-state index contributed by atoms with van der Waals surface area (Å²) in [4.78, 5) is 19.9. The summed E-state index contributed by atoms with van der Waals surface area (Å²) in [6.07, 6.45) is 0.135. The summed E-state index contributed by atoms with van der Waals surface area (Å²) in [5, 5.41) is 1.45. The average molecular weight is 396 g/mol. The topological polar surface area (TPSA) is 47.4 Å². The van der Waals surface area contributed by atoms with Crippen LogP contribution in [0.5, 0.6) is 0 Å². The summed E-state index contributed by atoms with van der Waals surface area (Å²) < 4.78 is 7.74. The van der Waals surface area contributed by atoms with Crippen LogP contribution in [-0.4, -0.2) is 46.0 Å². The van der Waals surface area contributed by atoms with E-state index < -0.39 is 0 Å². The van der Waals surface area contributed by atoms with Gasteiger partial charge in [-0.05, 0) is 24.6 Å². The van der Waals surface area contributed by atoms with Gasteiger partial charge in [0.1, 0.15) is 0 Å². The third kappa shape index (κ3) is 4.29. The van der Waals surface area contributed by atoms with Crippen molar-refractivity contribution in [2.45, 2.75) is 31.3 Å². The molecule has 0 amide bonds. The number of para-hydroxylation sites is 1. The quantitative estimate of drug-likeness (QED) is 0.473. The molecule has 28 heavy (non-hydrogen) atoms. The largest absolute Gasteiger partial charge is 0.375 e. The maximum Gasteiger partial charge on any atom is 0.262 e. The first kappa shape index (κ1) is 19.2. The number of morpholine rings is 1. The summed E-state index contributed by atoms with van der Waals surface area (Å²) in [7, 11) is 0. The summed E-state index contributed by atoms with van der Waals surface area (Å²) in [6.45, 7) is 6.13. The van der Waals surface area contributed by atoms with E-state index in [4.69, 9.17) is 9.72 Å². The van der Waals surface area contributed by atoms with Crippen molar-refractivity contribution in [3.8, 4) is 0 Å². The van der Waals surface area contributed by atoms with Crippen LogP contribution < -0.4 is 5.56 Å². The fraction of sp³-hybridized carbons (Fsp3) is 0.364. The zero-order valence-electron chi connectivity index (χ0n) is 16.1. The van der Waals surface area contributed by atoms with Crippen LogP contribution in [0, 0.1) is 0 Å². The van der Waals surface area contributed by atoms with E-state index in [0.29, 0.717) is 11.9 Å². The number of hydrogen-bond donors (Lipinski definition) is 0. The van der Waals surface area contributed by atoms with E-state index in [0.717, 1.165) is 42.7 Å². The van der Waals surface area contributed by atoms with Crippen LogP contribution in [0.4, 0.5) is 0 Å². The van der Waals surface area contributed by atoms with Gasteiger partial charge in [-0.25, -0.2) is 4.98 Å². The summed E-state index contributed by atoms with van der Waals surface area (Å²) >= 11 is 1.62. The van der Waals surface area contributed by atoms with E-state index in [1.54, 1.807) is 16.3 Å². The van der Waals surface area contributed by atoms with E-state index in [9.17, 15) is 4.79 Å². The maximum atomic E-state index is 12.8. The van der Waals surface area contributed by atoms with Crippen LogP contribution in [0.2, 0.25) is 0 Å². The molecule has 0 aliphatic carbocycles. The average Bonchev–Trinajstić information content (AvgIpc) is 2.73. The molecule has 146 valence electrons. The van der Waals surface area contributed by atoms with Crippen molar-refractivity contribution in [1.29, 1.82) is 0 Å². The predicted octanol–water partition coefficient (Wildman–Crippen LogP) is 3.41. The number of rotatable bonds is 6. The van der Waals surface area contributed by atoms with Gasteiger partial charge in [0.2, 0.25) is 0 Å². The number of fused-ring (bicyclic) bond motifs is 1. The van der Waals surface area contributed by atoms with Gasteiger partial charge < -0.3 is 4.74 Å². The van der Waals surface area contributed by atoms with Crippen molar-refractivity contribution in [2.75, 3.05) is 25.4 Å². The van der Waals surface area contributed by atoms with Crippen molar-refractivity contribution in [3.05, 3.63) is 70.5 Å². The Hall–Kier alpha value is -2.15. The van der Waals surface area contributed by atoms with Crippen molar-refractivity contribution >= 4 is 22.7 Å². The van der Waals surface area contributed by atoms with Gasteiger partial charge in [0.25, 0.3) is 5.56 Å². The summed E-state index contributed by atoms with van der Waals surface area (Å²) in [5.41, 5.74) is 2.12. The zero-order chi connectivity index (χ0) is 19.3. The molecule has 0 radical (unpaired) electrons. The highest BCUT2D eigenvalue weighted by Gasteiger charge is 2.22. The molecular weight excluding hydrogens is 370 g/mol. The normalized spacial score (nSPS) is 17.8. The Morgan fingerprint density at radius 3 is 2.75 bits per heavy atom. The third-order valence-corrected chi connectivity index (χ3v) is 6.12. The van der Waals surface area contributed by atoms with Crippen molar-refractivity contribution in [2.24, 2.45) is 0 Å². The van der Waals surface area contributed by atoms with E-state index in [1.807, 2.05) is 37.3 Å². The minimum Gasteiger partial charge on any atom is -0.375 e. The second-order valence-corrected chi connectivity index (χ2v) is 7.97. The van der Waals surface area contributed by atoms with E-state index >= 15 is 0 Å². The molecule has 1 fully saturated rings. The van der Waals surface area contributed by atoms with Gasteiger partial charge in [-0.1, -0.05) is 54.2 Å². The number of aromatic nitrogens is 2. The van der Waals surface area contributed by atoms with Crippen LogP contribution in [0.1, 0.15) is 12.5 Å². The molecule has 1 aliphatic heterocycles. The van der Waals surface area contributed by atoms with E-state index in [2.05, 4.69) is 29.2 Å². The molecule has 6 heteroatoms. The number of benzene rings is 2. The molecule has 4 rings (SSSR count). The molecule has 1 aliphatic rings. The van der Waals surface area contributed by atoms with Gasteiger partial charge in [-0.2, -0.15) is 0 Å². The smallest absolute Gasteiger partial charge is 0.262 e. The SMILES string of the molecule is CCn1c(SCC2CN(Cc3ccccc3)CCO2)nc2ccccc2c1=O. The second kappa shape index (κ2) is 8.90. The van der Waals surface area contributed by atoms with Crippen LogP contribution in [-0.2, 0) is 17.8 Å². The van der Waals surface area contributed by atoms with Crippen LogP contribution in [0.3, 0.4) is 0 Å². The lowest BCUT2D eigenvalue weighted by Gasteiger charge is -2.32. The molecule has 3 aromatic rings. The third-order valence-electron chi connectivity index (χ3n) is 5.01. The maximum absolute atomic E-state index is 12.8. The van der Waals surface area contributed by atoms with Crippen molar-refractivity contribution in [3.63, 3.8) is 0 Å². The first-order valence-electron chi connectivity index (χ1n) is 9.75. The molecule has 1 atom stereocenters. The molecule has 5 nitrogen and oxygen atoms in total. The monoisotopic (exact) mass is 395 g/mol. The van der Waals surface area contributed by atoms with Gasteiger partial charge in [-0.3, -0.25) is 14.3 Å². The van der Waals surface area contributed by atoms with E-state index in [-0.39, 0.29) is 11.7 Å². The lowest BCUT2D eigenvalue weighted by Crippen LogP contribution is -2.43. The minimum atomic E-state index is 0.0332. The Bertz CT molecular complexity index is 990. The fourth-order valence-electron chi connectivity index (χ4n) is 3.57. The molecule has 0 bridgehead atoms. The van der Waals surface area contributed by atoms with Gasteiger partial charge in [0, 0.05) is 31.9 Å². The summed E-state index contributed by atoms with van der Waals surface area (Å²) in [5.74, 6) is 0.788. The van der Waals surface area contributed by atoms with Crippen LogP contribution >= 0.6 is 11.8 Å². The van der Waals surface area contributed by atoms with Crippen LogP contribution in [0.25, 0.3) is 10.9 Å². The minimum absolute atomic E-state index is 0.0332. The lowest BCUT2D eigenvalue weighted by molar-refractivity contribution is -0.0187. The molecular formula is C22H25N3O2S. The van der Waals surface area contributed by atoms with E-state index in [1.165, 1.54) is 5.56 Å². The molecule has 1 saturated heterocycles. The molecule has 0 N–H and O–H groups in total. The molecule has 1 unspecified atom stereocenters. The van der Waals surface area contributed by atoms with Gasteiger partial charge >= 0.3 is 0 Å². The Kier molecular flexibility index (Phi) is 6.10. The lowest BCUT2D eigenvalue weighted by atomic mass is 10.2. The number of hydrogen-bond acceptors (Lipinski definition) is 5. The Balaban J connectivity index is 1.44. The highest BCUT2D eigenvalue weighted by atomic mass is 32.2. The zero-order valence-corrected chi connectivity index (χ0v) is 16.9. The Labute approximate surface area is 169 Å². The second-order valence-electron chi connectivity index (χ2n) is 6.99. The first-order chi connectivity index (χ1) is 13.7. The van der Waals surface area contributed by atoms with Gasteiger partial charge in [0.05, 0.1) is 23.6 Å². The molecule has 2 aromatic carbocycles. The molecule has 0 spiro atoms. The van der Waals surface area contributed by atoms with Crippen molar-refractivity contribution in [1.82, 2.24) is 14.5 Å². The predicted molar refractivity (Wildman–Crippen MR) is 114 cm³/mol. The molecule has 2 heterocycles. The Morgan fingerprint density at radius 1 is 1.14 bits per heavy atom. The van der Waals surface area contributed by atoms with Crippen molar-refractivity contribution < 1.29 is 4.74 Å². The highest BCUT2D eigenvalue weighted by molar-refractivity contribution is 7.99. The first-order valence-corrected chi connectivity index (χ1v) is 10.7. The van der Waals surface area contributed by atoms with Crippen LogP contribution in [0.15, 0.2) is 64.5 Å². The standard InChI is InChI=1S/C22H25N3O2S/c1-2-25-21(26)19-10-6-7-11-20(19)23-22(25)28-16-18-15-24(12-13-27-18)14-17-8-4-3-5-9-17/h3-11,18H,2,12-16H2,1H3. The number of thioether (sulfide) groups is 1. The number of nitrogens with zero attached hydrogens (tertiary/aromatic N) is 3. The van der Waals surface area contributed by atoms with Gasteiger partial charge in [0.15, 0.2) is 5.16 Å². The molecule has 0 saturated carbocycles. The highest BCUT2D eigenvalue weighted by Crippen LogP contribution is 2.21. The summed E-state index contributed by atoms with van der Waals surface area (Å²) in [6, 6.07) is 18.1. The Morgan fingerprint density at radius 2 is 1.93 bits per heavy atom.